The van der Waals surface area contributed by atoms with Gasteiger partial charge in [0, 0.05) is 19.2 Å². The third-order valence-electron chi connectivity index (χ3n) is 3.87. The minimum atomic E-state index is -0.786. The number of aryl methyl sites for hydroxylation is 2. The lowest BCUT2D eigenvalue weighted by atomic mass is 9.99. The predicted molar refractivity (Wildman–Crippen MR) is 68.6 cm³/mol. The molecule has 2 rings (SSSR count). The lowest BCUT2D eigenvalue weighted by molar-refractivity contribution is -0.148. The summed E-state index contributed by atoms with van der Waals surface area (Å²) >= 11 is 6.19. The molecule has 2 heterocycles. The van der Waals surface area contributed by atoms with E-state index in [1.165, 1.54) is 0 Å². The van der Waals surface area contributed by atoms with E-state index in [2.05, 4.69) is 5.10 Å². The van der Waals surface area contributed by atoms with E-state index in [-0.39, 0.29) is 0 Å². The van der Waals surface area contributed by atoms with Gasteiger partial charge in [0.15, 0.2) is 0 Å². The highest BCUT2D eigenvalue weighted by atomic mass is 35.5. The van der Waals surface area contributed by atoms with Crippen molar-refractivity contribution in [3.8, 4) is 0 Å². The lowest BCUT2D eigenvalue weighted by Gasteiger charge is -2.31. The molecule has 0 spiro atoms. The number of aliphatic carboxylic acids is 1. The van der Waals surface area contributed by atoms with Gasteiger partial charge < -0.3 is 5.11 Å². The summed E-state index contributed by atoms with van der Waals surface area (Å²) in [6.45, 7) is 5.01. The van der Waals surface area contributed by atoms with Crippen LogP contribution in [-0.4, -0.2) is 37.8 Å². The van der Waals surface area contributed by atoms with Crippen LogP contribution < -0.4 is 0 Å². The fourth-order valence-corrected chi connectivity index (χ4v) is 2.79. The monoisotopic (exact) mass is 271 g/mol. The minimum absolute atomic E-state index is 0.543. The minimum Gasteiger partial charge on any atom is -0.480 e. The van der Waals surface area contributed by atoms with Crippen LogP contribution in [0.3, 0.4) is 0 Å². The Labute approximate surface area is 111 Å². The van der Waals surface area contributed by atoms with Crippen LogP contribution in [0.2, 0.25) is 5.15 Å². The second-order valence-corrected chi connectivity index (χ2v) is 5.44. The number of halogens is 1. The highest BCUT2D eigenvalue weighted by Crippen LogP contribution is 2.32. The molecule has 1 unspecified atom stereocenters. The highest BCUT2D eigenvalue weighted by molar-refractivity contribution is 6.30. The predicted octanol–water partition coefficient (Wildman–Crippen LogP) is 1.82. The van der Waals surface area contributed by atoms with Crippen LogP contribution in [0.15, 0.2) is 0 Å². The Hall–Kier alpha value is -1.07. The van der Waals surface area contributed by atoms with Crippen molar-refractivity contribution >= 4 is 17.6 Å². The maximum Gasteiger partial charge on any atom is 0.323 e. The number of carbonyl (C=O) groups is 1. The molecule has 1 saturated heterocycles. The number of hydrogen-bond donors (Lipinski definition) is 1. The number of hydrogen-bond acceptors (Lipinski definition) is 3. The van der Waals surface area contributed by atoms with Crippen LogP contribution >= 0.6 is 11.6 Å². The topological polar surface area (TPSA) is 58.4 Å². The zero-order valence-corrected chi connectivity index (χ0v) is 11.7. The smallest absolute Gasteiger partial charge is 0.323 e. The average Bonchev–Trinajstić information content (AvgIpc) is 2.77. The van der Waals surface area contributed by atoms with Gasteiger partial charge in [-0.15, -0.1) is 0 Å². The van der Waals surface area contributed by atoms with Crippen LogP contribution in [0, 0.1) is 6.92 Å². The van der Waals surface area contributed by atoms with Crippen molar-refractivity contribution in [1.29, 1.82) is 0 Å². The summed E-state index contributed by atoms with van der Waals surface area (Å²) in [7, 11) is 1.79. The molecule has 0 amide bonds. The Morgan fingerprint density at radius 2 is 2.28 bits per heavy atom. The SMILES string of the molecule is Cc1nn(C)c(Cl)c1CN1CCCC1(C)C(=O)O. The molecule has 1 fully saturated rings. The molecule has 6 heteroatoms. The molecular formula is C12H18ClN3O2. The number of carboxylic acids is 1. The molecular weight excluding hydrogens is 254 g/mol. The molecule has 100 valence electrons. The molecule has 0 bridgehead atoms. The lowest BCUT2D eigenvalue weighted by Crippen LogP contribution is -2.47. The quantitative estimate of drug-likeness (QED) is 0.911. The molecule has 18 heavy (non-hydrogen) atoms. The third kappa shape index (κ3) is 2.01. The first kappa shape index (κ1) is 13.4. The zero-order chi connectivity index (χ0) is 13.5. The molecule has 0 aliphatic carbocycles. The summed E-state index contributed by atoms with van der Waals surface area (Å²) in [4.78, 5) is 13.4. The first-order chi connectivity index (χ1) is 8.36. The second kappa shape index (κ2) is 4.55. The van der Waals surface area contributed by atoms with Crippen molar-refractivity contribution in [1.82, 2.24) is 14.7 Å². The van der Waals surface area contributed by atoms with E-state index in [9.17, 15) is 9.90 Å². The number of carboxylic acid groups (broad SMARTS) is 1. The molecule has 1 N–H and O–H groups in total. The van der Waals surface area contributed by atoms with Gasteiger partial charge in [0.05, 0.1) is 5.69 Å². The average molecular weight is 272 g/mol. The van der Waals surface area contributed by atoms with Crippen LogP contribution in [0.4, 0.5) is 0 Å². The number of aromatic nitrogens is 2. The normalized spacial score (nSPS) is 24.7. The summed E-state index contributed by atoms with van der Waals surface area (Å²) < 4.78 is 1.63. The summed E-state index contributed by atoms with van der Waals surface area (Å²) in [6.07, 6.45) is 1.58. The van der Waals surface area contributed by atoms with Crippen LogP contribution in [0.25, 0.3) is 0 Å². The molecule has 1 atom stereocenters. The van der Waals surface area contributed by atoms with Crippen molar-refractivity contribution in [2.24, 2.45) is 7.05 Å². The van der Waals surface area contributed by atoms with E-state index in [1.807, 2.05) is 11.8 Å². The molecule has 1 aliphatic heterocycles. The number of nitrogens with zero attached hydrogens (tertiary/aromatic N) is 3. The van der Waals surface area contributed by atoms with Gasteiger partial charge in [0.1, 0.15) is 10.7 Å². The van der Waals surface area contributed by atoms with E-state index in [1.54, 1.807) is 18.7 Å². The van der Waals surface area contributed by atoms with E-state index < -0.39 is 11.5 Å². The van der Waals surface area contributed by atoms with Crippen molar-refractivity contribution in [2.45, 2.75) is 38.8 Å². The Morgan fingerprint density at radius 3 is 2.78 bits per heavy atom. The summed E-state index contributed by atoms with van der Waals surface area (Å²) in [5, 5.41) is 14.2. The van der Waals surface area contributed by atoms with E-state index >= 15 is 0 Å². The fraction of sp³-hybridized carbons (Fsp3) is 0.667. The Balaban J connectivity index is 2.26. The van der Waals surface area contributed by atoms with Gasteiger partial charge in [-0.1, -0.05) is 11.6 Å². The van der Waals surface area contributed by atoms with Crippen LogP contribution in [0.1, 0.15) is 31.0 Å². The fourth-order valence-electron chi connectivity index (χ4n) is 2.56. The van der Waals surface area contributed by atoms with Crippen molar-refractivity contribution in [3.63, 3.8) is 0 Å². The van der Waals surface area contributed by atoms with Gasteiger partial charge >= 0.3 is 5.97 Å². The largest absolute Gasteiger partial charge is 0.480 e. The molecule has 1 aliphatic rings. The molecule has 1 aromatic rings. The summed E-state index contributed by atoms with van der Waals surface area (Å²) in [5.41, 5.74) is 1.00. The van der Waals surface area contributed by atoms with E-state index in [0.29, 0.717) is 18.1 Å². The third-order valence-corrected chi connectivity index (χ3v) is 4.34. The molecule has 0 radical (unpaired) electrons. The molecule has 0 saturated carbocycles. The Morgan fingerprint density at radius 1 is 1.61 bits per heavy atom. The van der Waals surface area contributed by atoms with E-state index in [4.69, 9.17) is 11.6 Å². The molecule has 0 aromatic carbocycles. The van der Waals surface area contributed by atoms with Gasteiger partial charge in [-0.3, -0.25) is 14.4 Å². The first-order valence-corrected chi connectivity index (χ1v) is 6.40. The Kier molecular flexibility index (Phi) is 3.38. The standard InChI is InChI=1S/C12H18ClN3O2/c1-8-9(10(13)15(3)14-8)7-16-6-4-5-12(16,2)11(17)18/h4-7H2,1-3H3,(H,17,18). The summed E-state index contributed by atoms with van der Waals surface area (Å²) in [5.74, 6) is -0.766. The van der Waals surface area contributed by atoms with Gasteiger partial charge in [-0.2, -0.15) is 5.10 Å². The second-order valence-electron chi connectivity index (χ2n) is 5.08. The van der Waals surface area contributed by atoms with Crippen molar-refractivity contribution in [3.05, 3.63) is 16.4 Å². The first-order valence-electron chi connectivity index (χ1n) is 6.02. The van der Waals surface area contributed by atoms with E-state index in [0.717, 1.165) is 24.2 Å². The zero-order valence-electron chi connectivity index (χ0n) is 10.9. The highest BCUT2D eigenvalue weighted by Gasteiger charge is 2.43. The van der Waals surface area contributed by atoms with Crippen molar-refractivity contribution in [2.75, 3.05) is 6.54 Å². The van der Waals surface area contributed by atoms with Crippen LogP contribution in [0.5, 0.6) is 0 Å². The number of rotatable bonds is 3. The Bertz CT molecular complexity index is 486. The maximum absolute atomic E-state index is 11.4. The van der Waals surface area contributed by atoms with Gasteiger partial charge in [0.25, 0.3) is 0 Å². The van der Waals surface area contributed by atoms with Gasteiger partial charge in [0.2, 0.25) is 0 Å². The van der Waals surface area contributed by atoms with Crippen molar-refractivity contribution < 1.29 is 9.90 Å². The molecule has 1 aromatic heterocycles. The van der Waals surface area contributed by atoms with Crippen LogP contribution in [-0.2, 0) is 18.4 Å². The molecule has 5 nitrogen and oxygen atoms in total. The number of likely N-dealkylation sites (tertiary alicyclic amines) is 1. The maximum atomic E-state index is 11.4. The summed E-state index contributed by atoms with van der Waals surface area (Å²) in [6, 6.07) is 0. The van der Waals surface area contributed by atoms with Gasteiger partial charge in [-0.25, -0.2) is 0 Å². The van der Waals surface area contributed by atoms with Gasteiger partial charge in [-0.05, 0) is 33.2 Å².